The summed E-state index contributed by atoms with van der Waals surface area (Å²) in [6, 6.07) is 6.46. The maximum absolute atomic E-state index is 9.11. The monoisotopic (exact) mass is 291 g/mol. The van der Waals surface area contributed by atoms with Crippen LogP contribution in [-0.2, 0) is 0 Å². The van der Waals surface area contributed by atoms with E-state index in [1.807, 2.05) is 30.3 Å². The number of nitrogens with zero attached hydrogens (tertiary/aromatic N) is 2. The predicted octanol–water partition coefficient (Wildman–Crippen LogP) is 2.89. The molecule has 0 atom stereocenters. The van der Waals surface area contributed by atoms with Gasteiger partial charge in [-0.1, -0.05) is 23.7 Å². The number of likely N-dealkylation sites (N-methyl/N-ethyl adjacent to an activating group) is 1. The van der Waals surface area contributed by atoms with Crippen molar-refractivity contribution in [3.8, 4) is 0 Å². The fourth-order valence-corrected chi connectivity index (χ4v) is 2.60. The largest absolute Gasteiger partial charge is 0.395 e. The van der Waals surface area contributed by atoms with Crippen molar-refractivity contribution in [3.63, 3.8) is 0 Å². The molecule has 1 saturated carbocycles. The zero-order chi connectivity index (χ0) is 14.1. The molecule has 106 valence electrons. The Morgan fingerprint density at radius 1 is 1.45 bits per heavy atom. The normalized spacial score (nSPS) is 14.6. The molecule has 2 aromatic rings. The molecule has 20 heavy (non-hydrogen) atoms. The van der Waals surface area contributed by atoms with Crippen LogP contribution < -0.4 is 10.2 Å². The van der Waals surface area contributed by atoms with E-state index in [4.69, 9.17) is 16.7 Å². The minimum atomic E-state index is 0.0895. The number of rotatable bonds is 5. The summed E-state index contributed by atoms with van der Waals surface area (Å²) in [6.07, 6.45) is 4.29. The molecule has 1 aromatic carbocycles. The van der Waals surface area contributed by atoms with Crippen LogP contribution in [0.5, 0.6) is 0 Å². The van der Waals surface area contributed by atoms with Crippen molar-refractivity contribution in [2.45, 2.75) is 18.9 Å². The van der Waals surface area contributed by atoms with Crippen LogP contribution in [0.2, 0.25) is 5.02 Å². The van der Waals surface area contributed by atoms with E-state index >= 15 is 0 Å². The van der Waals surface area contributed by atoms with Crippen molar-refractivity contribution in [1.29, 1.82) is 0 Å². The Bertz CT molecular complexity index is 628. The summed E-state index contributed by atoms with van der Waals surface area (Å²) < 4.78 is 0. The maximum Gasteiger partial charge on any atom is 0.137 e. The van der Waals surface area contributed by atoms with Gasteiger partial charge in [0.2, 0.25) is 0 Å². The van der Waals surface area contributed by atoms with Gasteiger partial charge in [0, 0.05) is 30.4 Å². The van der Waals surface area contributed by atoms with Crippen molar-refractivity contribution in [2.24, 2.45) is 0 Å². The van der Waals surface area contributed by atoms with Gasteiger partial charge in [0.15, 0.2) is 0 Å². The van der Waals surface area contributed by atoms with Gasteiger partial charge in [0.05, 0.1) is 23.5 Å². The fraction of sp³-hybridized carbons (Fsp3) is 0.400. The lowest BCUT2D eigenvalue weighted by Gasteiger charge is -2.21. The van der Waals surface area contributed by atoms with Crippen molar-refractivity contribution < 1.29 is 5.11 Å². The molecular formula is C15H18ClN3O. The number of pyridine rings is 1. The quantitative estimate of drug-likeness (QED) is 0.889. The lowest BCUT2D eigenvalue weighted by atomic mass is 10.1. The third-order valence-electron chi connectivity index (χ3n) is 3.58. The van der Waals surface area contributed by atoms with Crippen molar-refractivity contribution in [3.05, 3.63) is 29.4 Å². The van der Waals surface area contributed by atoms with Gasteiger partial charge in [-0.3, -0.25) is 0 Å². The topological polar surface area (TPSA) is 48.4 Å². The van der Waals surface area contributed by atoms with Gasteiger partial charge >= 0.3 is 0 Å². The van der Waals surface area contributed by atoms with E-state index in [0.717, 1.165) is 22.3 Å². The Kier molecular flexibility index (Phi) is 3.68. The van der Waals surface area contributed by atoms with Crippen molar-refractivity contribution in [1.82, 2.24) is 4.98 Å². The molecule has 0 unspecified atom stereocenters. The summed E-state index contributed by atoms with van der Waals surface area (Å²) in [5, 5.41) is 15.3. The molecule has 0 saturated heterocycles. The Morgan fingerprint density at radius 3 is 2.95 bits per heavy atom. The first kappa shape index (κ1) is 13.5. The molecule has 0 radical (unpaired) electrons. The van der Waals surface area contributed by atoms with Crippen molar-refractivity contribution >= 4 is 33.9 Å². The summed E-state index contributed by atoms with van der Waals surface area (Å²) in [4.78, 5) is 6.46. The number of benzene rings is 1. The third-order valence-corrected chi connectivity index (χ3v) is 3.89. The minimum absolute atomic E-state index is 0.0895. The standard InChI is InChI=1S/C15H18ClN3O/c1-19(7-8-20)15-14-11(3-2-4-12(14)16)13(9-17-15)18-10-5-6-10/h2-4,9-10,18,20H,5-8H2,1H3. The molecule has 1 fully saturated rings. The van der Waals surface area contributed by atoms with Crippen LogP contribution in [-0.4, -0.2) is 36.3 Å². The summed E-state index contributed by atoms with van der Waals surface area (Å²) >= 11 is 6.37. The highest BCUT2D eigenvalue weighted by molar-refractivity contribution is 6.37. The van der Waals surface area contributed by atoms with E-state index in [1.54, 1.807) is 0 Å². The first-order valence-corrected chi connectivity index (χ1v) is 7.24. The molecule has 3 rings (SSSR count). The van der Waals surface area contributed by atoms with Crippen LogP contribution in [0.25, 0.3) is 10.8 Å². The minimum Gasteiger partial charge on any atom is -0.395 e. The van der Waals surface area contributed by atoms with Gasteiger partial charge in [-0.15, -0.1) is 0 Å². The van der Waals surface area contributed by atoms with Gasteiger partial charge in [0.1, 0.15) is 5.82 Å². The van der Waals surface area contributed by atoms with Crippen LogP contribution >= 0.6 is 11.6 Å². The average molecular weight is 292 g/mol. The molecule has 5 heteroatoms. The number of aliphatic hydroxyl groups excluding tert-OH is 1. The van der Waals surface area contributed by atoms with Gasteiger partial charge in [-0.2, -0.15) is 0 Å². The van der Waals surface area contributed by atoms with E-state index in [0.29, 0.717) is 17.6 Å². The second-order valence-corrected chi connectivity index (χ2v) is 5.63. The van der Waals surface area contributed by atoms with Gasteiger partial charge in [0.25, 0.3) is 0 Å². The predicted molar refractivity (Wildman–Crippen MR) is 83.8 cm³/mol. The molecule has 1 aliphatic rings. The van der Waals surface area contributed by atoms with E-state index in [-0.39, 0.29) is 6.61 Å². The number of nitrogens with one attached hydrogen (secondary N) is 1. The molecule has 0 amide bonds. The van der Waals surface area contributed by atoms with Crippen LogP contribution in [0.3, 0.4) is 0 Å². The molecule has 0 spiro atoms. The molecule has 0 aliphatic heterocycles. The highest BCUT2D eigenvalue weighted by Crippen LogP contribution is 2.36. The molecule has 1 heterocycles. The Labute approximate surface area is 123 Å². The van der Waals surface area contributed by atoms with Crippen LogP contribution in [0, 0.1) is 0 Å². The van der Waals surface area contributed by atoms with E-state index in [1.165, 1.54) is 12.8 Å². The third kappa shape index (κ3) is 2.53. The number of fused-ring (bicyclic) bond motifs is 1. The summed E-state index contributed by atoms with van der Waals surface area (Å²) in [6.45, 7) is 0.620. The highest BCUT2D eigenvalue weighted by Gasteiger charge is 2.22. The maximum atomic E-state index is 9.11. The number of aromatic nitrogens is 1. The fourth-order valence-electron chi connectivity index (χ4n) is 2.34. The van der Waals surface area contributed by atoms with Crippen molar-refractivity contribution in [2.75, 3.05) is 30.4 Å². The second kappa shape index (κ2) is 5.46. The molecular weight excluding hydrogens is 274 g/mol. The van der Waals surface area contributed by atoms with Crippen LogP contribution in [0.15, 0.2) is 24.4 Å². The Morgan fingerprint density at radius 2 is 2.25 bits per heavy atom. The Balaban J connectivity index is 2.12. The van der Waals surface area contributed by atoms with E-state index in [2.05, 4.69) is 16.4 Å². The summed E-state index contributed by atoms with van der Waals surface area (Å²) in [7, 11) is 1.91. The van der Waals surface area contributed by atoms with Gasteiger partial charge in [-0.25, -0.2) is 4.98 Å². The molecule has 4 nitrogen and oxygen atoms in total. The zero-order valence-corrected chi connectivity index (χ0v) is 12.2. The molecule has 0 bridgehead atoms. The van der Waals surface area contributed by atoms with Gasteiger partial charge < -0.3 is 15.3 Å². The first-order chi connectivity index (χ1) is 9.70. The number of hydrogen-bond donors (Lipinski definition) is 2. The smallest absolute Gasteiger partial charge is 0.137 e. The molecule has 1 aliphatic carbocycles. The average Bonchev–Trinajstić information content (AvgIpc) is 3.24. The van der Waals surface area contributed by atoms with E-state index < -0.39 is 0 Å². The number of hydrogen-bond acceptors (Lipinski definition) is 4. The van der Waals surface area contributed by atoms with Gasteiger partial charge in [-0.05, 0) is 18.9 Å². The zero-order valence-electron chi connectivity index (χ0n) is 11.4. The molecule has 2 N–H and O–H groups in total. The van der Waals surface area contributed by atoms with E-state index in [9.17, 15) is 0 Å². The summed E-state index contributed by atoms with van der Waals surface area (Å²) in [5.41, 5.74) is 1.03. The first-order valence-electron chi connectivity index (χ1n) is 6.86. The van der Waals surface area contributed by atoms with Crippen LogP contribution in [0.1, 0.15) is 12.8 Å². The second-order valence-electron chi connectivity index (χ2n) is 5.22. The lowest BCUT2D eigenvalue weighted by Crippen LogP contribution is -2.22. The number of aliphatic hydroxyl groups is 1. The van der Waals surface area contributed by atoms with Crippen LogP contribution in [0.4, 0.5) is 11.5 Å². The summed E-state index contributed by atoms with van der Waals surface area (Å²) in [5.74, 6) is 0.806. The Hall–Kier alpha value is -1.52. The number of halogens is 1. The SMILES string of the molecule is CN(CCO)c1ncc(NC2CC2)c2cccc(Cl)c12. The highest BCUT2D eigenvalue weighted by atomic mass is 35.5. The molecule has 1 aromatic heterocycles. The number of anilines is 2. The lowest BCUT2D eigenvalue weighted by molar-refractivity contribution is 0.304.